The molecular formula is C35H41ClN2O4. The summed E-state index contributed by atoms with van der Waals surface area (Å²) >= 11 is 6.62. The topological polar surface area (TPSA) is 69.6 Å². The van der Waals surface area contributed by atoms with E-state index in [-0.39, 0.29) is 11.8 Å². The van der Waals surface area contributed by atoms with Gasteiger partial charge in [-0.3, -0.25) is 4.79 Å². The normalized spacial score (nSPS) is 12.1. The first-order valence-electron chi connectivity index (χ1n) is 14.5. The molecule has 6 nitrogen and oxygen atoms in total. The average molecular weight is 589 g/mol. The molecule has 0 spiro atoms. The second kappa shape index (κ2) is 13.5. The molecule has 0 aliphatic heterocycles. The number of carbonyl (C=O) groups is 2. The van der Waals surface area contributed by atoms with Gasteiger partial charge in [0.1, 0.15) is 5.75 Å². The molecule has 0 aliphatic rings. The summed E-state index contributed by atoms with van der Waals surface area (Å²) in [6.45, 7) is 13.4. The number of ether oxygens (including phenoxy) is 2. The number of aromatic nitrogens is 1. The Balaban J connectivity index is 1.52. The maximum absolute atomic E-state index is 13.1. The van der Waals surface area contributed by atoms with E-state index in [1.165, 1.54) is 18.2 Å². The fourth-order valence-electron chi connectivity index (χ4n) is 5.16. The van der Waals surface area contributed by atoms with Gasteiger partial charge < -0.3 is 19.4 Å². The highest BCUT2D eigenvalue weighted by Gasteiger charge is 2.25. The first-order chi connectivity index (χ1) is 20.0. The lowest BCUT2D eigenvalue weighted by Crippen LogP contribution is -2.33. The van der Waals surface area contributed by atoms with Crippen molar-refractivity contribution in [1.82, 2.24) is 9.88 Å². The van der Waals surface area contributed by atoms with Gasteiger partial charge in [0.05, 0.1) is 7.11 Å². The lowest BCUT2D eigenvalue weighted by Gasteiger charge is -2.21. The third-order valence-corrected chi connectivity index (χ3v) is 8.23. The van der Waals surface area contributed by atoms with Gasteiger partial charge in [-0.05, 0) is 84.8 Å². The summed E-state index contributed by atoms with van der Waals surface area (Å²) in [7, 11) is 1.36. The van der Waals surface area contributed by atoms with Crippen LogP contribution in [0.4, 0.5) is 0 Å². The molecule has 0 aliphatic carbocycles. The minimum absolute atomic E-state index is 0.0580. The first kappa shape index (κ1) is 31.2. The molecule has 42 heavy (non-hydrogen) atoms. The van der Waals surface area contributed by atoms with Crippen molar-refractivity contribution in [3.63, 3.8) is 0 Å². The number of hydrogen-bond donors (Lipinski definition) is 1. The van der Waals surface area contributed by atoms with Crippen LogP contribution in [0.1, 0.15) is 71.9 Å². The molecule has 1 N–H and O–H groups in total. The molecule has 222 valence electrons. The van der Waals surface area contributed by atoms with Crippen LogP contribution in [0.3, 0.4) is 0 Å². The van der Waals surface area contributed by atoms with Crippen molar-refractivity contribution in [1.29, 1.82) is 0 Å². The number of esters is 1. The second-order valence-electron chi connectivity index (χ2n) is 11.5. The fourth-order valence-corrected chi connectivity index (χ4v) is 5.34. The number of amides is 1. The van der Waals surface area contributed by atoms with Crippen LogP contribution < -0.4 is 10.1 Å². The van der Waals surface area contributed by atoms with Crippen LogP contribution in [-0.2, 0) is 22.5 Å². The van der Waals surface area contributed by atoms with E-state index in [2.05, 4.69) is 61.8 Å². The summed E-state index contributed by atoms with van der Waals surface area (Å²) in [5.74, 6) is 0.475. The fraction of sp³-hybridized carbons (Fsp3) is 0.371. The molecule has 0 saturated carbocycles. The zero-order valence-corrected chi connectivity index (χ0v) is 26.3. The first-order valence-corrected chi connectivity index (χ1v) is 14.9. The van der Waals surface area contributed by atoms with E-state index < -0.39 is 12.1 Å². The molecule has 4 rings (SSSR count). The number of nitrogens with zero attached hydrogens (tertiary/aromatic N) is 1. The van der Waals surface area contributed by atoms with Gasteiger partial charge >= 0.3 is 5.97 Å². The van der Waals surface area contributed by atoms with Crippen LogP contribution in [0.5, 0.6) is 5.75 Å². The number of nitrogens with one attached hydrogen (secondary N) is 1. The lowest BCUT2D eigenvalue weighted by atomic mass is 10.00. The van der Waals surface area contributed by atoms with Gasteiger partial charge in [0.25, 0.3) is 5.91 Å². The van der Waals surface area contributed by atoms with E-state index in [1.807, 2.05) is 38.1 Å². The highest BCUT2D eigenvalue weighted by atomic mass is 35.5. The summed E-state index contributed by atoms with van der Waals surface area (Å²) in [6, 6.07) is 19.8. The van der Waals surface area contributed by atoms with Crippen molar-refractivity contribution in [2.24, 2.45) is 5.92 Å². The van der Waals surface area contributed by atoms with Gasteiger partial charge in [0.2, 0.25) is 0 Å². The molecule has 1 aromatic heterocycles. The summed E-state index contributed by atoms with van der Waals surface area (Å²) in [6.07, 6.45) is 0.0691. The van der Waals surface area contributed by atoms with E-state index in [4.69, 9.17) is 21.1 Å². The Hall–Kier alpha value is -3.77. The second-order valence-corrected chi connectivity index (χ2v) is 11.9. The van der Waals surface area contributed by atoms with Gasteiger partial charge in [-0.1, -0.05) is 63.6 Å². The predicted octanol–water partition coefficient (Wildman–Crippen LogP) is 7.63. The number of fused-ring (bicyclic) bond motifs is 1. The monoisotopic (exact) mass is 588 g/mol. The van der Waals surface area contributed by atoms with Crippen molar-refractivity contribution in [3.05, 3.63) is 99.2 Å². The Morgan fingerprint density at radius 3 is 2.43 bits per heavy atom. The zero-order chi connectivity index (χ0) is 30.6. The Morgan fingerprint density at radius 2 is 1.74 bits per heavy atom. The van der Waals surface area contributed by atoms with Gasteiger partial charge in [-0.2, -0.15) is 0 Å². The largest absolute Gasteiger partial charge is 0.478 e. The van der Waals surface area contributed by atoms with Gasteiger partial charge in [0.15, 0.2) is 6.10 Å². The van der Waals surface area contributed by atoms with Crippen LogP contribution in [0.15, 0.2) is 60.7 Å². The Morgan fingerprint density at radius 1 is 0.976 bits per heavy atom. The molecule has 0 unspecified atom stereocenters. The SMILES string of the molecule is COC(=O)[C@H](Oc1ccc(Cl)c(Cn2c(C)c(C)c3cc(C(=O)NCCc4cccc(C(C)C)c4)ccc32)c1)C(C)C. The highest BCUT2D eigenvalue weighted by Crippen LogP contribution is 2.30. The molecule has 0 fully saturated rings. The van der Waals surface area contributed by atoms with Gasteiger partial charge in [-0.25, -0.2) is 4.79 Å². The van der Waals surface area contributed by atoms with Gasteiger partial charge in [-0.15, -0.1) is 0 Å². The summed E-state index contributed by atoms with van der Waals surface area (Å²) in [5, 5.41) is 4.71. The molecular weight excluding hydrogens is 548 g/mol. The van der Waals surface area contributed by atoms with Crippen molar-refractivity contribution >= 4 is 34.4 Å². The predicted molar refractivity (Wildman–Crippen MR) is 170 cm³/mol. The van der Waals surface area contributed by atoms with Gasteiger partial charge in [0, 0.05) is 46.2 Å². The zero-order valence-electron chi connectivity index (χ0n) is 25.6. The molecule has 7 heteroatoms. The molecule has 3 aromatic carbocycles. The van der Waals surface area contributed by atoms with E-state index in [9.17, 15) is 9.59 Å². The Bertz CT molecular complexity index is 1590. The molecule has 1 heterocycles. The highest BCUT2D eigenvalue weighted by molar-refractivity contribution is 6.31. The number of benzene rings is 3. The third kappa shape index (κ3) is 6.99. The summed E-state index contributed by atoms with van der Waals surface area (Å²) in [4.78, 5) is 25.3. The number of methoxy groups -OCH3 is 1. The summed E-state index contributed by atoms with van der Waals surface area (Å²) < 4.78 is 13.1. The molecule has 0 radical (unpaired) electrons. The van der Waals surface area contributed by atoms with E-state index >= 15 is 0 Å². The maximum atomic E-state index is 13.1. The Labute approximate surface area is 254 Å². The minimum Gasteiger partial charge on any atom is -0.478 e. The van der Waals surface area contributed by atoms with E-state index in [0.717, 1.165) is 34.1 Å². The van der Waals surface area contributed by atoms with Crippen LogP contribution in [0.2, 0.25) is 5.02 Å². The number of halogens is 1. The lowest BCUT2D eigenvalue weighted by molar-refractivity contribution is -0.150. The van der Waals surface area contributed by atoms with Crippen LogP contribution in [-0.4, -0.2) is 36.2 Å². The number of rotatable bonds is 11. The van der Waals surface area contributed by atoms with Crippen LogP contribution >= 0.6 is 11.6 Å². The maximum Gasteiger partial charge on any atom is 0.347 e. The van der Waals surface area contributed by atoms with E-state index in [0.29, 0.717) is 35.3 Å². The smallest absolute Gasteiger partial charge is 0.347 e. The third-order valence-electron chi connectivity index (χ3n) is 7.87. The number of hydrogen-bond acceptors (Lipinski definition) is 4. The van der Waals surface area contributed by atoms with Crippen molar-refractivity contribution < 1.29 is 19.1 Å². The Kier molecular flexibility index (Phi) is 10.00. The molecule has 1 amide bonds. The average Bonchev–Trinajstić information content (AvgIpc) is 3.21. The molecule has 0 saturated heterocycles. The van der Waals surface area contributed by atoms with E-state index in [1.54, 1.807) is 12.1 Å². The number of carbonyl (C=O) groups excluding carboxylic acids is 2. The van der Waals surface area contributed by atoms with Crippen molar-refractivity contribution in [2.75, 3.05) is 13.7 Å². The van der Waals surface area contributed by atoms with Crippen molar-refractivity contribution in [2.45, 2.75) is 66.5 Å². The molecule has 4 aromatic rings. The minimum atomic E-state index is -0.713. The van der Waals surface area contributed by atoms with Crippen molar-refractivity contribution in [3.8, 4) is 5.75 Å². The molecule has 0 bridgehead atoms. The van der Waals surface area contributed by atoms with Crippen LogP contribution in [0.25, 0.3) is 10.9 Å². The molecule has 1 atom stereocenters. The quantitative estimate of drug-likeness (QED) is 0.183. The standard InChI is InChI=1S/C35H41ClN2O4/c1-21(2)26-10-8-9-25(17-26)15-16-37-34(39)27-11-14-32-30(19-27)23(5)24(6)38(32)20-28-18-29(12-13-31(28)36)42-33(22(3)4)35(40)41-7/h8-14,17-19,21-22,33H,15-16,20H2,1-7H3,(H,37,39)/t33-/m1/s1. The summed E-state index contributed by atoms with van der Waals surface area (Å²) in [5.41, 5.74) is 7.24. The number of aryl methyl sites for hydroxylation is 1. The van der Waals surface area contributed by atoms with Crippen LogP contribution in [0, 0.1) is 19.8 Å².